The van der Waals surface area contributed by atoms with Crippen LogP contribution >= 0.6 is 0 Å². The standard InChI is InChI=1S/C12H18N2/c1-3-14-10(2)8-9-13-11-6-4-5-7-12(11)14/h4-7,10,13H,3,8-9H2,1-2H3. The molecule has 2 nitrogen and oxygen atoms in total. The molecular formula is C12H18N2. The van der Waals surface area contributed by atoms with E-state index in [2.05, 4.69) is 48.3 Å². The fraction of sp³-hybridized carbons (Fsp3) is 0.500. The normalized spacial score (nSPS) is 21.0. The van der Waals surface area contributed by atoms with Crippen molar-refractivity contribution < 1.29 is 0 Å². The van der Waals surface area contributed by atoms with Crippen LogP contribution in [0.3, 0.4) is 0 Å². The van der Waals surface area contributed by atoms with Gasteiger partial charge in [-0.2, -0.15) is 0 Å². The maximum absolute atomic E-state index is 3.48. The summed E-state index contributed by atoms with van der Waals surface area (Å²) in [5, 5.41) is 3.48. The lowest BCUT2D eigenvalue weighted by molar-refractivity contribution is 0.626. The molecule has 1 aromatic carbocycles. The summed E-state index contributed by atoms with van der Waals surface area (Å²) in [4.78, 5) is 2.47. The van der Waals surface area contributed by atoms with Crippen LogP contribution < -0.4 is 10.2 Å². The zero-order valence-electron chi connectivity index (χ0n) is 8.96. The van der Waals surface area contributed by atoms with Crippen LogP contribution in [0.5, 0.6) is 0 Å². The largest absolute Gasteiger partial charge is 0.383 e. The van der Waals surface area contributed by atoms with Crippen LogP contribution in [0.25, 0.3) is 0 Å². The van der Waals surface area contributed by atoms with Gasteiger partial charge in [0.15, 0.2) is 0 Å². The smallest absolute Gasteiger partial charge is 0.0604 e. The van der Waals surface area contributed by atoms with E-state index in [-0.39, 0.29) is 0 Å². The molecule has 0 aromatic heterocycles. The number of fused-ring (bicyclic) bond motifs is 1. The van der Waals surface area contributed by atoms with Crippen LogP contribution in [0, 0.1) is 0 Å². The van der Waals surface area contributed by atoms with E-state index in [0.717, 1.165) is 13.1 Å². The van der Waals surface area contributed by atoms with Crippen molar-refractivity contribution in [3.05, 3.63) is 24.3 Å². The first-order valence-electron chi connectivity index (χ1n) is 5.42. The van der Waals surface area contributed by atoms with Crippen molar-refractivity contribution in [2.75, 3.05) is 23.3 Å². The van der Waals surface area contributed by atoms with Gasteiger partial charge in [0.2, 0.25) is 0 Å². The average molecular weight is 190 g/mol. The molecular weight excluding hydrogens is 172 g/mol. The van der Waals surface area contributed by atoms with E-state index in [9.17, 15) is 0 Å². The molecule has 0 aliphatic carbocycles. The molecule has 0 spiro atoms. The number of anilines is 2. The minimum Gasteiger partial charge on any atom is -0.383 e. The second kappa shape index (κ2) is 3.91. The lowest BCUT2D eigenvalue weighted by Gasteiger charge is -2.28. The fourth-order valence-corrected chi connectivity index (χ4v) is 2.16. The van der Waals surface area contributed by atoms with Gasteiger partial charge in [0, 0.05) is 19.1 Å². The van der Waals surface area contributed by atoms with E-state index in [4.69, 9.17) is 0 Å². The fourth-order valence-electron chi connectivity index (χ4n) is 2.16. The Labute approximate surface area is 85.9 Å². The van der Waals surface area contributed by atoms with Crippen LogP contribution in [-0.2, 0) is 0 Å². The summed E-state index contributed by atoms with van der Waals surface area (Å²) in [6, 6.07) is 9.21. The molecule has 1 heterocycles. The first-order valence-corrected chi connectivity index (χ1v) is 5.42. The van der Waals surface area contributed by atoms with Gasteiger partial charge in [0.05, 0.1) is 11.4 Å². The number of benzene rings is 1. The molecule has 1 aliphatic heterocycles. The highest BCUT2D eigenvalue weighted by Crippen LogP contribution is 2.30. The Morgan fingerprint density at radius 1 is 1.43 bits per heavy atom. The molecule has 1 aromatic rings. The van der Waals surface area contributed by atoms with Crippen molar-refractivity contribution in [2.45, 2.75) is 26.3 Å². The van der Waals surface area contributed by atoms with Gasteiger partial charge in [-0.1, -0.05) is 12.1 Å². The number of nitrogens with zero attached hydrogens (tertiary/aromatic N) is 1. The molecule has 76 valence electrons. The monoisotopic (exact) mass is 190 g/mol. The van der Waals surface area contributed by atoms with Gasteiger partial charge >= 0.3 is 0 Å². The summed E-state index contributed by atoms with van der Waals surface area (Å²) in [6.07, 6.45) is 1.21. The number of para-hydroxylation sites is 2. The number of hydrogen-bond acceptors (Lipinski definition) is 2. The molecule has 0 saturated carbocycles. The lowest BCUT2D eigenvalue weighted by Crippen LogP contribution is -2.32. The van der Waals surface area contributed by atoms with E-state index < -0.39 is 0 Å². The molecule has 0 bridgehead atoms. The molecule has 1 atom stereocenters. The summed E-state index contributed by atoms with van der Waals surface area (Å²) in [7, 11) is 0. The Bertz CT molecular complexity index is 309. The van der Waals surface area contributed by atoms with Crippen molar-refractivity contribution >= 4 is 11.4 Å². The van der Waals surface area contributed by atoms with Gasteiger partial charge < -0.3 is 10.2 Å². The Hall–Kier alpha value is -1.18. The molecule has 2 rings (SSSR count). The molecule has 1 unspecified atom stereocenters. The zero-order chi connectivity index (χ0) is 9.97. The molecule has 1 N–H and O–H groups in total. The average Bonchev–Trinajstić information content (AvgIpc) is 2.36. The number of nitrogens with one attached hydrogen (secondary N) is 1. The molecule has 1 aliphatic rings. The van der Waals surface area contributed by atoms with E-state index >= 15 is 0 Å². The quantitative estimate of drug-likeness (QED) is 0.732. The Morgan fingerprint density at radius 3 is 3.00 bits per heavy atom. The first-order chi connectivity index (χ1) is 6.83. The highest BCUT2D eigenvalue weighted by Gasteiger charge is 2.18. The summed E-state index contributed by atoms with van der Waals surface area (Å²) < 4.78 is 0. The van der Waals surface area contributed by atoms with Gasteiger partial charge in [-0.3, -0.25) is 0 Å². The third kappa shape index (κ3) is 1.57. The van der Waals surface area contributed by atoms with Crippen LogP contribution in [0.2, 0.25) is 0 Å². The first kappa shape index (κ1) is 9.38. The Kier molecular flexibility index (Phi) is 2.62. The summed E-state index contributed by atoms with van der Waals surface area (Å²) in [5.74, 6) is 0. The van der Waals surface area contributed by atoms with Gasteiger partial charge in [-0.15, -0.1) is 0 Å². The summed E-state index contributed by atoms with van der Waals surface area (Å²) in [6.45, 7) is 6.68. The highest BCUT2D eigenvalue weighted by molar-refractivity contribution is 5.71. The van der Waals surface area contributed by atoms with Gasteiger partial charge in [-0.05, 0) is 32.4 Å². The SMILES string of the molecule is CCN1c2ccccc2NCCC1C. The predicted octanol–water partition coefficient (Wildman–Crippen LogP) is 2.72. The van der Waals surface area contributed by atoms with Gasteiger partial charge in [-0.25, -0.2) is 0 Å². The molecule has 0 fully saturated rings. The van der Waals surface area contributed by atoms with Crippen molar-refractivity contribution in [3.63, 3.8) is 0 Å². The minimum absolute atomic E-state index is 0.635. The maximum Gasteiger partial charge on any atom is 0.0604 e. The number of hydrogen-bond donors (Lipinski definition) is 1. The van der Waals surface area contributed by atoms with Crippen LogP contribution in [0.15, 0.2) is 24.3 Å². The predicted molar refractivity (Wildman–Crippen MR) is 62.0 cm³/mol. The minimum atomic E-state index is 0.635. The van der Waals surface area contributed by atoms with Crippen LogP contribution in [-0.4, -0.2) is 19.1 Å². The number of rotatable bonds is 1. The van der Waals surface area contributed by atoms with Crippen molar-refractivity contribution in [2.24, 2.45) is 0 Å². The second-order valence-corrected chi connectivity index (χ2v) is 3.87. The van der Waals surface area contributed by atoms with E-state index in [1.54, 1.807) is 0 Å². The van der Waals surface area contributed by atoms with E-state index in [1.807, 2.05) is 0 Å². The van der Waals surface area contributed by atoms with E-state index in [0.29, 0.717) is 6.04 Å². The van der Waals surface area contributed by atoms with E-state index in [1.165, 1.54) is 17.8 Å². The summed E-state index contributed by atoms with van der Waals surface area (Å²) >= 11 is 0. The Balaban J connectivity index is 2.39. The van der Waals surface area contributed by atoms with Crippen LogP contribution in [0.1, 0.15) is 20.3 Å². The van der Waals surface area contributed by atoms with Crippen molar-refractivity contribution in [3.8, 4) is 0 Å². The maximum atomic E-state index is 3.48. The second-order valence-electron chi connectivity index (χ2n) is 3.87. The molecule has 2 heteroatoms. The molecule has 14 heavy (non-hydrogen) atoms. The van der Waals surface area contributed by atoms with Crippen LogP contribution in [0.4, 0.5) is 11.4 Å². The molecule has 0 saturated heterocycles. The highest BCUT2D eigenvalue weighted by atomic mass is 15.2. The third-order valence-electron chi connectivity index (χ3n) is 2.96. The van der Waals surface area contributed by atoms with Gasteiger partial charge in [0.25, 0.3) is 0 Å². The van der Waals surface area contributed by atoms with Gasteiger partial charge in [0.1, 0.15) is 0 Å². The van der Waals surface area contributed by atoms with Crippen molar-refractivity contribution in [1.29, 1.82) is 0 Å². The molecule has 0 amide bonds. The zero-order valence-corrected chi connectivity index (χ0v) is 8.96. The lowest BCUT2D eigenvalue weighted by atomic mass is 10.2. The topological polar surface area (TPSA) is 15.3 Å². The third-order valence-corrected chi connectivity index (χ3v) is 2.96. The molecule has 0 radical (unpaired) electrons. The summed E-state index contributed by atoms with van der Waals surface area (Å²) in [5.41, 5.74) is 2.62. The van der Waals surface area contributed by atoms with Crippen molar-refractivity contribution in [1.82, 2.24) is 0 Å². The Morgan fingerprint density at radius 2 is 2.21 bits per heavy atom.